The van der Waals surface area contributed by atoms with Gasteiger partial charge in [-0.2, -0.15) is 0 Å². The van der Waals surface area contributed by atoms with Crippen LogP contribution in [-0.2, 0) is 21.4 Å². The third kappa shape index (κ3) is 2.52. The van der Waals surface area contributed by atoms with Crippen molar-refractivity contribution in [3.05, 3.63) is 35.1 Å². The highest BCUT2D eigenvalue weighted by molar-refractivity contribution is 7.94. The minimum atomic E-state index is -3.71. The Morgan fingerprint density at radius 1 is 1.33 bits per heavy atom. The molecule has 5 nitrogen and oxygen atoms in total. The number of benzene rings is 1. The third-order valence-corrected chi connectivity index (χ3v) is 5.61. The van der Waals surface area contributed by atoms with E-state index in [0.717, 1.165) is 10.4 Å². The first-order chi connectivity index (χ1) is 9.70. The van der Waals surface area contributed by atoms with Gasteiger partial charge < -0.3 is 5.11 Å². The topological polar surface area (TPSA) is 74.7 Å². The molecule has 0 aromatic heterocycles. The number of rotatable bonds is 2. The maximum Gasteiger partial charge on any atom is 0.259 e. The zero-order valence-corrected chi connectivity index (χ0v) is 12.4. The number of aliphatic hydroxyl groups excluding tert-OH is 1. The molecule has 1 aromatic carbocycles. The standard InChI is InChI=1S/C14H14FNO4S/c1-14(2)13(18)16(21(14,19)20)9-11-6-10(4-3-5-17)7-12(15)8-11/h6-8,17H,5,9H2,1-2H3. The molecule has 0 spiro atoms. The van der Waals surface area contributed by atoms with E-state index in [1.54, 1.807) is 0 Å². The lowest BCUT2D eigenvalue weighted by molar-refractivity contribution is -0.132. The van der Waals surface area contributed by atoms with Crippen molar-refractivity contribution in [2.24, 2.45) is 0 Å². The van der Waals surface area contributed by atoms with Crippen molar-refractivity contribution >= 4 is 15.9 Å². The summed E-state index contributed by atoms with van der Waals surface area (Å²) in [5.41, 5.74) is 0.633. The highest BCUT2D eigenvalue weighted by atomic mass is 32.2. The van der Waals surface area contributed by atoms with Crippen LogP contribution >= 0.6 is 0 Å². The van der Waals surface area contributed by atoms with Gasteiger partial charge >= 0.3 is 0 Å². The van der Waals surface area contributed by atoms with E-state index in [0.29, 0.717) is 11.1 Å². The van der Waals surface area contributed by atoms with Crippen LogP contribution in [0.2, 0.25) is 0 Å². The van der Waals surface area contributed by atoms with E-state index >= 15 is 0 Å². The molecule has 7 heteroatoms. The monoisotopic (exact) mass is 311 g/mol. The van der Waals surface area contributed by atoms with Crippen LogP contribution in [-0.4, -0.2) is 35.1 Å². The van der Waals surface area contributed by atoms with Crippen LogP contribution in [0.1, 0.15) is 25.0 Å². The summed E-state index contributed by atoms with van der Waals surface area (Å²) in [4.78, 5) is 11.8. The Labute approximate surface area is 122 Å². The molecule has 1 saturated heterocycles. The quantitative estimate of drug-likeness (QED) is 0.813. The van der Waals surface area contributed by atoms with Crippen molar-refractivity contribution < 1.29 is 22.7 Å². The number of hydrogen-bond acceptors (Lipinski definition) is 4. The second-order valence-electron chi connectivity index (χ2n) is 5.14. The van der Waals surface area contributed by atoms with Crippen LogP contribution in [0.4, 0.5) is 4.39 Å². The molecule has 1 fully saturated rings. The predicted octanol–water partition coefficient (Wildman–Crippen LogP) is 0.620. The fourth-order valence-electron chi connectivity index (χ4n) is 2.03. The minimum absolute atomic E-state index is 0.226. The normalized spacial score (nSPS) is 18.7. The van der Waals surface area contributed by atoms with E-state index in [1.807, 2.05) is 0 Å². The van der Waals surface area contributed by atoms with Crippen molar-refractivity contribution in [2.45, 2.75) is 25.1 Å². The fraction of sp³-hybridized carbons (Fsp3) is 0.357. The number of hydrogen-bond donors (Lipinski definition) is 1. The Hall–Kier alpha value is -1.91. The second kappa shape index (κ2) is 5.13. The molecule has 0 radical (unpaired) electrons. The number of halogens is 1. The lowest BCUT2D eigenvalue weighted by Crippen LogP contribution is -2.66. The van der Waals surface area contributed by atoms with Gasteiger partial charge in [0.05, 0.1) is 6.54 Å². The number of nitrogens with zero attached hydrogens (tertiary/aromatic N) is 1. The Kier molecular flexibility index (Phi) is 3.78. The number of aliphatic hydroxyl groups is 1. The number of sulfonamides is 1. The Balaban J connectivity index is 2.30. The molecule has 0 aliphatic carbocycles. The summed E-state index contributed by atoms with van der Waals surface area (Å²) in [6.07, 6.45) is 0. The van der Waals surface area contributed by atoms with Gasteiger partial charge in [-0.1, -0.05) is 11.8 Å². The first-order valence-electron chi connectivity index (χ1n) is 6.16. The maximum absolute atomic E-state index is 13.5. The molecule has 1 aliphatic heterocycles. The smallest absolute Gasteiger partial charge is 0.259 e. The molecule has 1 heterocycles. The molecule has 0 atom stereocenters. The number of amides is 1. The number of carbonyl (C=O) groups is 1. The van der Waals surface area contributed by atoms with Crippen molar-refractivity contribution in [1.82, 2.24) is 4.31 Å². The predicted molar refractivity (Wildman–Crippen MR) is 73.9 cm³/mol. The number of carbonyl (C=O) groups excluding carboxylic acids is 1. The van der Waals surface area contributed by atoms with Gasteiger partial charge in [0.2, 0.25) is 0 Å². The summed E-state index contributed by atoms with van der Waals surface area (Å²) in [5, 5.41) is 8.62. The molecule has 0 bridgehead atoms. The zero-order chi connectivity index (χ0) is 15.8. The molecule has 1 aliphatic rings. The molecular weight excluding hydrogens is 297 g/mol. The van der Waals surface area contributed by atoms with E-state index < -0.39 is 26.5 Å². The van der Waals surface area contributed by atoms with Crippen LogP contribution in [0.15, 0.2) is 18.2 Å². The Morgan fingerprint density at radius 3 is 2.57 bits per heavy atom. The van der Waals surface area contributed by atoms with Gasteiger partial charge in [0.15, 0.2) is 4.75 Å². The van der Waals surface area contributed by atoms with Gasteiger partial charge in [0.25, 0.3) is 15.9 Å². The van der Waals surface area contributed by atoms with Crippen LogP contribution in [0.25, 0.3) is 0 Å². The molecular formula is C14H14FNO4S. The van der Waals surface area contributed by atoms with Crippen LogP contribution in [0, 0.1) is 17.7 Å². The molecule has 0 unspecified atom stereocenters. The van der Waals surface area contributed by atoms with E-state index in [4.69, 9.17) is 5.11 Å². The second-order valence-corrected chi connectivity index (χ2v) is 7.55. The third-order valence-electron chi connectivity index (χ3n) is 3.27. The fourth-order valence-corrected chi connectivity index (χ4v) is 3.55. The van der Waals surface area contributed by atoms with Crippen LogP contribution in [0.5, 0.6) is 0 Å². The lowest BCUT2D eigenvalue weighted by atomic mass is 10.1. The molecule has 1 aromatic rings. The molecule has 1 N–H and O–H groups in total. The molecule has 112 valence electrons. The van der Waals surface area contributed by atoms with Gasteiger partial charge in [0, 0.05) is 5.56 Å². The summed E-state index contributed by atoms with van der Waals surface area (Å²) in [6, 6.07) is 3.81. The first kappa shape index (κ1) is 15.5. The van der Waals surface area contributed by atoms with Crippen molar-refractivity contribution in [3.8, 4) is 11.8 Å². The van der Waals surface area contributed by atoms with Gasteiger partial charge in [-0.05, 0) is 37.6 Å². The summed E-state index contributed by atoms with van der Waals surface area (Å²) in [7, 11) is -3.71. The minimum Gasteiger partial charge on any atom is -0.384 e. The van der Waals surface area contributed by atoms with E-state index in [-0.39, 0.29) is 13.2 Å². The van der Waals surface area contributed by atoms with Crippen molar-refractivity contribution in [3.63, 3.8) is 0 Å². The Morgan fingerprint density at radius 2 is 2.00 bits per heavy atom. The van der Waals surface area contributed by atoms with Crippen molar-refractivity contribution in [2.75, 3.05) is 6.61 Å². The molecule has 0 saturated carbocycles. The molecule has 1 amide bonds. The maximum atomic E-state index is 13.5. The van der Waals surface area contributed by atoms with Gasteiger partial charge in [-0.15, -0.1) is 0 Å². The van der Waals surface area contributed by atoms with E-state index in [1.165, 1.54) is 26.0 Å². The van der Waals surface area contributed by atoms with Gasteiger partial charge in [-0.25, -0.2) is 17.1 Å². The van der Waals surface area contributed by atoms with Crippen LogP contribution in [0.3, 0.4) is 0 Å². The summed E-state index contributed by atoms with van der Waals surface area (Å²) >= 11 is 0. The SMILES string of the molecule is CC1(C)C(=O)N(Cc2cc(F)cc(C#CCO)c2)S1(=O)=O. The van der Waals surface area contributed by atoms with Crippen LogP contribution < -0.4 is 0 Å². The van der Waals surface area contributed by atoms with E-state index in [9.17, 15) is 17.6 Å². The van der Waals surface area contributed by atoms with Gasteiger partial charge in [0.1, 0.15) is 12.4 Å². The highest BCUT2D eigenvalue weighted by Gasteiger charge is 2.59. The summed E-state index contributed by atoms with van der Waals surface area (Å²) < 4.78 is 36.7. The average Bonchev–Trinajstić information content (AvgIpc) is 2.41. The van der Waals surface area contributed by atoms with E-state index in [2.05, 4.69) is 11.8 Å². The Bertz CT molecular complexity index is 759. The lowest BCUT2D eigenvalue weighted by Gasteiger charge is -2.43. The summed E-state index contributed by atoms with van der Waals surface area (Å²) in [5.74, 6) is 3.82. The molecule has 21 heavy (non-hydrogen) atoms. The van der Waals surface area contributed by atoms with Crippen molar-refractivity contribution in [1.29, 1.82) is 0 Å². The highest BCUT2D eigenvalue weighted by Crippen LogP contribution is 2.36. The first-order valence-corrected chi connectivity index (χ1v) is 7.60. The average molecular weight is 311 g/mol. The largest absolute Gasteiger partial charge is 0.384 e. The zero-order valence-electron chi connectivity index (χ0n) is 11.6. The molecule has 2 rings (SSSR count). The summed E-state index contributed by atoms with van der Waals surface area (Å²) in [6.45, 7) is 2.09. The van der Waals surface area contributed by atoms with Gasteiger partial charge in [-0.3, -0.25) is 4.79 Å².